The summed E-state index contributed by atoms with van der Waals surface area (Å²) in [6.45, 7) is 0.739. The van der Waals surface area contributed by atoms with Crippen molar-refractivity contribution < 1.29 is 14.0 Å². The van der Waals surface area contributed by atoms with Crippen LogP contribution in [0.1, 0.15) is 32.0 Å². The number of halogens is 2. The third-order valence-corrected chi connectivity index (χ3v) is 6.11. The monoisotopic (exact) mass is 421 g/mol. The van der Waals surface area contributed by atoms with Crippen molar-refractivity contribution in [3.8, 4) is 0 Å². The summed E-state index contributed by atoms with van der Waals surface area (Å²) in [6.07, 6.45) is 2.01. The van der Waals surface area contributed by atoms with E-state index >= 15 is 0 Å². The summed E-state index contributed by atoms with van der Waals surface area (Å²) in [7, 11) is 0. The Bertz CT molecular complexity index is 1150. The van der Waals surface area contributed by atoms with Gasteiger partial charge in [-0.25, -0.2) is 4.39 Å². The van der Waals surface area contributed by atoms with E-state index in [2.05, 4.69) is 4.98 Å². The molecule has 2 amide bonds. The van der Waals surface area contributed by atoms with Crippen molar-refractivity contribution in [3.05, 3.63) is 100 Å². The Hall–Kier alpha value is -3.25. The van der Waals surface area contributed by atoms with Crippen molar-refractivity contribution in [1.82, 2.24) is 14.8 Å². The molecule has 5 nitrogen and oxygen atoms in total. The number of fused-ring (bicyclic) bond motifs is 2. The molecule has 1 unspecified atom stereocenters. The lowest BCUT2D eigenvalue weighted by Gasteiger charge is -2.47. The molecule has 1 aromatic heterocycles. The van der Waals surface area contributed by atoms with Crippen LogP contribution in [0, 0.1) is 5.82 Å². The Balaban J connectivity index is 1.68. The second-order valence-corrected chi connectivity index (χ2v) is 7.87. The minimum absolute atomic E-state index is 0.207. The summed E-state index contributed by atoms with van der Waals surface area (Å²) in [5.74, 6) is -0.872. The Labute approximate surface area is 177 Å². The highest BCUT2D eigenvalue weighted by Gasteiger charge is 2.56. The van der Waals surface area contributed by atoms with Crippen LogP contribution in [-0.4, -0.2) is 39.7 Å². The summed E-state index contributed by atoms with van der Waals surface area (Å²) in [4.78, 5) is 34.5. The molecule has 0 saturated carbocycles. The van der Waals surface area contributed by atoms with E-state index in [1.807, 2.05) is 18.2 Å². The molecule has 0 radical (unpaired) electrons. The van der Waals surface area contributed by atoms with Crippen molar-refractivity contribution in [2.75, 3.05) is 13.1 Å². The normalized spacial score (nSPS) is 20.1. The van der Waals surface area contributed by atoms with E-state index in [0.717, 1.165) is 11.1 Å². The van der Waals surface area contributed by atoms with Crippen LogP contribution in [0.3, 0.4) is 0 Å². The highest BCUT2D eigenvalue weighted by Crippen LogP contribution is 2.45. The van der Waals surface area contributed by atoms with Gasteiger partial charge in [0.2, 0.25) is 0 Å². The molecule has 0 N–H and O–H groups in total. The SMILES string of the molecule is O=C(c1ccc(F)cc1)N1CCN2C(=O)c3ncccc3CC12c1ccc(Cl)cc1. The van der Waals surface area contributed by atoms with E-state index in [1.165, 1.54) is 24.3 Å². The Kier molecular flexibility index (Phi) is 4.33. The third-order valence-electron chi connectivity index (χ3n) is 5.86. The van der Waals surface area contributed by atoms with Crippen molar-refractivity contribution >= 4 is 23.4 Å². The van der Waals surface area contributed by atoms with Gasteiger partial charge in [-0.2, -0.15) is 0 Å². The number of amides is 2. The molecule has 1 atom stereocenters. The van der Waals surface area contributed by atoms with E-state index in [9.17, 15) is 14.0 Å². The topological polar surface area (TPSA) is 53.5 Å². The number of rotatable bonds is 2. The van der Waals surface area contributed by atoms with Crippen LogP contribution in [0.25, 0.3) is 0 Å². The van der Waals surface area contributed by atoms with Gasteiger partial charge in [-0.1, -0.05) is 29.8 Å². The van der Waals surface area contributed by atoms with Crippen LogP contribution < -0.4 is 0 Å². The van der Waals surface area contributed by atoms with Crippen LogP contribution in [0.5, 0.6) is 0 Å². The highest BCUT2D eigenvalue weighted by molar-refractivity contribution is 6.30. The second kappa shape index (κ2) is 6.92. The minimum atomic E-state index is -0.997. The van der Waals surface area contributed by atoms with E-state index in [0.29, 0.717) is 35.8 Å². The second-order valence-electron chi connectivity index (χ2n) is 7.43. The number of hydrogen-bond acceptors (Lipinski definition) is 3. The van der Waals surface area contributed by atoms with E-state index in [-0.39, 0.29) is 11.8 Å². The first-order valence-corrected chi connectivity index (χ1v) is 9.98. The molecule has 2 aromatic carbocycles. The molecule has 0 spiro atoms. The minimum Gasteiger partial charge on any atom is -0.309 e. The van der Waals surface area contributed by atoms with Gasteiger partial charge >= 0.3 is 0 Å². The molecule has 2 aliphatic heterocycles. The summed E-state index contributed by atoms with van der Waals surface area (Å²) < 4.78 is 13.4. The van der Waals surface area contributed by atoms with Crippen molar-refractivity contribution in [2.45, 2.75) is 12.1 Å². The predicted octanol–water partition coefficient (Wildman–Crippen LogP) is 3.88. The Morgan fingerprint density at radius 2 is 1.77 bits per heavy atom. The van der Waals surface area contributed by atoms with Gasteiger partial charge in [0.05, 0.1) is 0 Å². The standard InChI is InChI=1S/C23H17ClFN3O2/c24-18-7-5-17(6-8-18)23-14-16-2-1-11-26-20(16)22(30)28(23)13-12-27(23)21(29)15-3-9-19(25)10-4-15/h1-11H,12-14H2. The number of nitrogens with zero attached hydrogens (tertiary/aromatic N) is 3. The number of carbonyl (C=O) groups excluding carboxylic acids is 2. The number of aromatic nitrogens is 1. The lowest BCUT2D eigenvalue weighted by Crippen LogP contribution is -2.58. The summed E-state index contributed by atoms with van der Waals surface area (Å²) >= 11 is 6.10. The number of hydrogen-bond donors (Lipinski definition) is 0. The zero-order valence-corrected chi connectivity index (χ0v) is 16.6. The molecule has 0 bridgehead atoms. The molecule has 5 rings (SSSR count). The van der Waals surface area contributed by atoms with Gasteiger partial charge < -0.3 is 9.80 Å². The average Bonchev–Trinajstić information content (AvgIpc) is 3.15. The largest absolute Gasteiger partial charge is 0.309 e. The summed E-state index contributed by atoms with van der Waals surface area (Å²) in [5.41, 5.74) is 1.37. The van der Waals surface area contributed by atoms with Gasteiger partial charge in [-0.05, 0) is 53.6 Å². The van der Waals surface area contributed by atoms with Crippen molar-refractivity contribution in [1.29, 1.82) is 0 Å². The van der Waals surface area contributed by atoms with Gasteiger partial charge in [0.15, 0.2) is 0 Å². The maximum absolute atomic E-state index is 13.5. The van der Waals surface area contributed by atoms with Crippen LogP contribution in [0.4, 0.5) is 4.39 Å². The first kappa shape index (κ1) is 18.8. The van der Waals surface area contributed by atoms with E-state index in [4.69, 9.17) is 11.6 Å². The molecule has 1 fully saturated rings. The summed E-state index contributed by atoms with van der Waals surface area (Å²) in [5, 5.41) is 0.570. The molecule has 0 aliphatic carbocycles. The molecular formula is C23H17ClFN3O2. The molecule has 3 heterocycles. The zero-order valence-electron chi connectivity index (χ0n) is 15.9. The predicted molar refractivity (Wildman–Crippen MR) is 110 cm³/mol. The Morgan fingerprint density at radius 1 is 1.03 bits per heavy atom. The van der Waals surface area contributed by atoms with Crippen LogP contribution >= 0.6 is 11.6 Å². The molecule has 3 aromatic rings. The first-order valence-electron chi connectivity index (χ1n) is 9.60. The maximum Gasteiger partial charge on any atom is 0.274 e. The summed E-state index contributed by atoms with van der Waals surface area (Å²) in [6, 6.07) is 16.3. The van der Waals surface area contributed by atoms with Gasteiger partial charge in [-0.3, -0.25) is 14.6 Å². The quantitative estimate of drug-likeness (QED) is 0.631. The first-order chi connectivity index (χ1) is 14.5. The number of pyridine rings is 1. The number of benzene rings is 2. The molecule has 150 valence electrons. The van der Waals surface area contributed by atoms with Crippen LogP contribution in [-0.2, 0) is 12.1 Å². The lowest BCUT2D eigenvalue weighted by molar-refractivity contribution is 0.00715. The lowest BCUT2D eigenvalue weighted by atomic mass is 9.85. The maximum atomic E-state index is 13.5. The molecular weight excluding hydrogens is 405 g/mol. The molecule has 1 saturated heterocycles. The molecule has 30 heavy (non-hydrogen) atoms. The van der Waals surface area contributed by atoms with Crippen LogP contribution in [0.2, 0.25) is 5.02 Å². The average molecular weight is 422 g/mol. The van der Waals surface area contributed by atoms with Crippen LogP contribution in [0.15, 0.2) is 66.9 Å². The van der Waals surface area contributed by atoms with E-state index < -0.39 is 11.5 Å². The van der Waals surface area contributed by atoms with Crippen molar-refractivity contribution in [2.24, 2.45) is 0 Å². The number of carbonyl (C=O) groups is 2. The fraction of sp³-hybridized carbons (Fsp3) is 0.174. The van der Waals surface area contributed by atoms with Gasteiger partial charge in [-0.15, -0.1) is 0 Å². The Morgan fingerprint density at radius 3 is 2.50 bits per heavy atom. The third kappa shape index (κ3) is 2.71. The molecule has 7 heteroatoms. The van der Waals surface area contributed by atoms with Gasteiger partial charge in [0.25, 0.3) is 11.8 Å². The smallest absolute Gasteiger partial charge is 0.274 e. The van der Waals surface area contributed by atoms with Gasteiger partial charge in [0.1, 0.15) is 17.2 Å². The van der Waals surface area contributed by atoms with Crippen molar-refractivity contribution in [3.63, 3.8) is 0 Å². The fourth-order valence-corrected chi connectivity index (χ4v) is 4.62. The fourth-order valence-electron chi connectivity index (χ4n) is 4.49. The highest BCUT2D eigenvalue weighted by atomic mass is 35.5. The molecule has 2 aliphatic rings. The van der Waals surface area contributed by atoms with E-state index in [1.54, 1.807) is 34.2 Å². The zero-order chi connectivity index (χ0) is 20.9. The van der Waals surface area contributed by atoms with Gasteiger partial charge in [0, 0.05) is 36.3 Å².